The van der Waals surface area contributed by atoms with Crippen LogP contribution in [-0.2, 0) is 17.8 Å². The highest BCUT2D eigenvalue weighted by Gasteiger charge is 2.28. The molecule has 0 atom stereocenters. The number of benzene rings is 1. The van der Waals surface area contributed by atoms with Gasteiger partial charge in [-0.15, -0.1) is 0 Å². The second-order valence-electron chi connectivity index (χ2n) is 7.30. The highest BCUT2D eigenvalue weighted by molar-refractivity contribution is 5.78. The lowest BCUT2D eigenvalue weighted by Crippen LogP contribution is -2.39. The number of aromatic nitrogens is 2. The summed E-state index contributed by atoms with van der Waals surface area (Å²) >= 11 is 0. The summed E-state index contributed by atoms with van der Waals surface area (Å²) < 4.78 is 16.0. The van der Waals surface area contributed by atoms with E-state index in [-0.39, 0.29) is 18.1 Å². The van der Waals surface area contributed by atoms with Gasteiger partial charge in [0.25, 0.3) is 0 Å². The number of likely N-dealkylation sites (tertiary alicyclic amines) is 1. The van der Waals surface area contributed by atoms with Crippen molar-refractivity contribution in [3.63, 3.8) is 0 Å². The minimum atomic E-state index is -0.298. The van der Waals surface area contributed by atoms with Gasteiger partial charge in [0.15, 0.2) is 0 Å². The largest absolute Gasteiger partial charge is 0.342 e. The van der Waals surface area contributed by atoms with Crippen molar-refractivity contribution in [2.24, 2.45) is 5.92 Å². The summed E-state index contributed by atoms with van der Waals surface area (Å²) in [5.41, 5.74) is 0.481. The molecule has 25 heavy (non-hydrogen) atoms. The molecule has 2 heterocycles. The molecule has 4 rings (SSSR count). The van der Waals surface area contributed by atoms with E-state index in [0.717, 1.165) is 38.4 Å². The first-order valence-electron chi connectivity index (χ1n) is 9.23. The normalized spacial score (nSPS) is 18.5. The Morgan fingerprint density at radius 1 is 1.16 bits per heavy atom. The molecule has 2 aliphatic rings. The van der Waals surface area contributed by atoms with Gasteiger partial charge in [-0.2, -0.15) is 0 Å². The quantitative estimate of drug-likeness (QED) is 0.836. The second kappa shape index (κ2) is 6.98. The summed E-state index contributed by atoms with van der Waals surface area (Å²) in [4.78, 5) is 18.9. The van der Waals surface area contributed by atoms with Crippen molar-refractivity contribution >= 4 is 5.91 Å². The maximum absolute atomic E-state index is 13.7. The molecule has 1 aliphatic carbocycles. The van der Waals surface area contributed by atoms with Crippen molar-refractivity contribution < 1.29 is 9.18 Å². The van der Waals surface area contributed by atoms with Crippen molar-refractivity contribution in [1.82, 2.24) is 14.5 Å². The van der Waals surface area contributed by atoms with E-state index in [0.29, 0.717) is 11.5 Å². The minimum absolute atomic E-state index is 0.0184. The number of amides is 1. The molecule has 0 N–H and O–H groups in total. The average molecular weight is 341 g/mol. The molecule has 1 saturated carbocycles. The van der Waals surface area contributed by atoms with E-state index in [4.69, 9.17) is 0 Å². The predicted octanol–water partition coefficient (Wildman–Crippen LogP) is 3.38. The zero-order valence-electron chi connectivity index (χ0n) is 14.4. The van der Waals surface area contributed by atoms with Crippen LogP contribution >= 0.6 is 0 Å². The Balaban J connectivity index is 1.34. The van der Waals surface area contributed by atoms with Crippen LogP contribution in [0.4, 0.5) is 4.39 Å². The fraction of sp³-hybridized carbons (Fsp3) is 0.500. The molecule has 1 saturated heterocycles. The monoisotopic (exact) mass is 341 g/mol. The summed E-state index contributed by atoms with van der Waals surface area (Å²) in [6.07, 6.45) is 8.67. The summed E-state index contributed by atoms with van der Waals surface area (Å²) in [6, 6.07) is 6.53. The fourth-order valence-corrected chi connectivity index (χ4v) is 3.72. The van der Waals surface area contributed by atoms with Gasteiger partial charge in [-0.25, -0.2) is 9.37 Å². The molecule has 1 aliphatic heterocycles. The van der Waals surface area contributed by atoms with Crippen molar-refractivity contribution in [2.45, 2.75) is 44.6 Å². The lowest BCUT2D eigenvalue weighted by Gasteiger charge is -2.32. The van der Waals surface area contributed by atoms with Crippen LogP contribution < -0.4 is 0 Å². The van der Waals surface area contributed by atoms with Gasteiger partial charge in [0.05, 0.1) is 6.42 Å². The molecule has 4 nitrogen and oxygen atoms in total. The highest BCUT2D eigenvalue weighted by atomic mass is 19.1. The Hall–Kier alpha value is -2.17. The van der Waals surface area contributed by atoms with Crippen molar-refractivity contribution in [2.75, 3.05) is 13.1 Å². The van der Waals surface area contributed by atoms with E-state index in [1.807, 2.05) is 11.1 Å². The highest BCUT2D eigenvalue weighted by Crippen LogP contribution is 2.33. The molecule has 2 aromatic rings. The van der Waals surface area contributed by atoms with Gasteiger partial charge in [-0.1, -0.05) is 18.2 Å². The van der Waals surface area contributed by atoms with Gasteiger partial charge >= 0.3 is 0 Å². The third-order valence-electron chi connectivity index (χ3n) is 5.41. The van der Waals surface area contributed by atoms with E-state index in [1.54, 1.807) is 18.2 Å². The standard InChI is InChI=1S/C20H24FN3O/c21-18-4-2-1-3-17(18)13-19(25)23-10-7-16(8-11-23)20-22-9-12-24(20)14-15-5-6-15/h1-4,9,12,15-16H,5-8,10-11,13-14H2. The SMILES string of the molecule is O=C(Cc1ccccc1F)N1CCC(c2nccn2CC2CC2)CC1. The van der Waals surface area contributed by atoms with E-state index in [1.165, 1.54) is 24.7 Å². The number of hydrogen-bond acceptors (Lipinski definition) is 2. The molecular formula is C20H24FN3O. The van der Waals surface area contributed by atoms with Crippen LogP contribution in [0.25, 0.3) is 0 Å². The van der Waals surface area contributed by atoms with Crippen molar-refractivity contribution in [3.05, 3.63) is 53.9 Å². The first kappa shape index (κ1) is 16.3. The molecule has 5 heteroatoms. The zero-order chi connectivity index (χ0) is 17.2. The molecule has 1 aromatic heterocycles. The van der Waals surface area contributed by atoms with Gasteiger partial charge in [0, 0.05) is 37.9 Å². The Kier molecular flexibility index (Phi) is 4.55. The summed E-state index contributed by atoms with van der Waals surface area (Å²) in [6.45, 7) is 2.55. The first-order valence-corrected chi connectivity index (χ1v) is 9.23. The number of carbonyl (C=O) groups excluding carboxylic acids is 1. The van der Waals surface area contributed by atoms with Crippen LogP contribution in [0.3, 0.4) is 0 Å². The Morgan fingerprint density at radius 2 is 1.92 bits per heavy atom. The van der Waals surface area contributed by atoms with Gasteiger partial charge < -0.3 is 9.47 Å². The van der Waals surface area contributed by atoms with Crippen LogP contribution in [0.15, 0.2) is 36.7 Å². The summed E-state index contributed by atoms with van der Waals surface area (Å²) in [7, 11) is 0. The number of carbonyl (C=O) groups is 1. The second-order valence-corrected chi connectivity index (χ2v) is 7.30. The Labute approximate surface area is 147 Å². The molecule has 132 valence electrons. The zero-order valence-corrected chi connectivity index (χ0v) is 14.4. The fourth-order valence-electron chi connectivity index (χ4n) is 3.72. The Morgan fingerprint density at radius 3 is 2.64 bits per heavy atom. The molecule has 1 amide bonds. The molecule has 0 radical (unpaired) electrons. The molecule has 0 unspecified atom stereocenters. The van der Waals surface area contributed by atoms with Gasteiger partial charge in [-0.05, 0) is 43.2 Å². The van der Waals surface area contributed by atoms with E-state index >= 15 is 0 Å². The summed E-state index contributed by atoms with van der Waals surface area (Å²) in [5.74, 6) is 2.15. The van der Waals surface area contributed by atoms with E-state index < -0.39 is 0 Å². The number of hydrogen-bond donors (Lipinski definition) is 0. The topological polar surface area (TPSA) is 38.1 Å². The predicted molar refractivity (Wildman–Crippen MR) is 93.6 cm³/mol. The molecule has 2 fully saturated rings. The molecule has 1 aromatic carbocycles. The van der Waals surface area contributed by atoms with Crippen molar-refractivity contribution in [1.29, 1.82) is 0 Å². The van der Waals surface area contributed by atoms with Crippen LogP contribution in [0.1, 0.15) is 43.0 Å². The number of nitrogens with zero attached hydrogens (tertiary/aromatic N) is 3. The number of piperidine rings is 1. The molecule has 0 spiro atoms. The number of halogens is 1. The molecular weight excluding hydrogens is 317 g/mol. The van der Waals surface area contributed by atoms with E-state index in [2.05, 4.69) is 15.7 Å². The lowest BCUT2D eigenvalue weighted by atomic mass is 9.95. The van der Waals surface area contributed by atoms with Crippen LogP contribution in [-0.4, -0.2) is 33.4 Å². The van der Waals surface area contributed by atoms with Crippen molar-refractivity contribution in [3.8, 4) is 0 Å². The maximum Gasteiger partial charge on any atom is 0.227 e. The third-order valence-corrected chi connectivity index (χ3v) is 5.41. The maximum atomic E-state index is 13.7. The molecule has 0 bridgehead atoms. The number of rotatable bonds is 5. The Bertz CT molecular complexity index is 745. The van der Waals surface area contributed by atoms with Gasteiger partial charge in [0.2, 0.25) is 5.91 Å². The third kappa shape index (κ3) is 3.75. The average Bonchev–Trinajstić information content (AvgIpc) is 3.32. The summed E-state index contributed by atoms with van der Waals surface area (Å²) in [5, 5.41) is 0. The lowest BCUT2D eigenvalue weighted by molar-refractivity contribution is -0.131. The smallest absolute Gasteiger partial charge is 0.227 e. The number of imidazole rings is 1. The first-order chi connectivity index (χ1) is 12.2. The van der Waals surface area contributed by atoms with E-state index in [9.17, 15) is 9.18 Å². The van der Waals surface area contributed by atoms with Gasteiger partial charge in [0.1, 0.15) is 11.6 Å². The minimum Gasteiger partial charge on any atom is -0.342 e. The van der Waals surface area contributed by atoms with Gasteiger partial charge in [-0.3, -0.25) is 4.79 Å². The van der Waals surface area contributed by atoms with Crippen LogP contribution in [0.2, 0.25) is 0 Å². The van der Waals surface area contributed by atoms with Crippen LogP contribution in [0, 0.1) is 11.7 Å². The van der Waals surface area contributed by atoms with Crippen LogP contribution in [0.5, 0.6) is 0 Å².